The molecular weight excluding hydrogens is 164 g/mol. The number of ether oxygens (including phenoxy) is 1. The summed E-state index contributed by atoms with van der Waals surface area (Å²) in [4.78, 5) is 11.5. The number of carbonyl (C=O) groups is 1. The highest BCUT2D eigenvalue weighted by molar-refractivity contribution is 5.76. The Balaban J connectivity index is 4.41. The summed E-state index contributed by atoms with van der Waals surface area (Å²) >= 11 is 0. The van der Waals surface area contributed by atoms with E-state index in [0.717, 1.165) is 12.8 Å². The van der Waals surface area contributed by atoms with Gasteiger partial charge in [0.2, 0.25) is 0 Å². The van der Waals surface area contributed by atoms with Crippen molar-refractivity contribution in [2.45, 2.75) is 40.5 Å². The van der Waals surface area contributed by atoms with Crippen molar-refractivity contribution in [1.82, 2.24) is 0 Å². The van der Waals surface area contributed by atoms with Crippen LogP contribution in [0.25, 0.3) is 0 Å². The van der Waals surface area contributed by atoms with E-state index in [9.17, 15) is 4.79 Å². The summed E-state index contributed by atoms with van der Waals surface area (Å²) in [5.41, 5.74) is -0.359. The second kappa shape index (κ2) is 5.05. The van der Waals surface area contributed by atoms with Gasteiger partial charge in [-0.15, -0.1) is 0 Å². The molecule has 0 aliphatic rings. The fourth-order valence-electron chi connectivity index (χ4n) is 1.49. The summed E-state index contributed by atoms with van der Waals surface area (Å²) in [5.74, 6) is 0.334. The van der Waals surface area contributed by atoms with E-state index in [-0.39, 0.29) is 11.4 Å². The van der Waals surface area contributed by atoms with Crippen molar-refractivity contribution in [3.05, 3.63) is 12.8 Å². The fraction of sp³-hybridized carbons (Fsp3) is 0.727. The fourth-order valence-corrected chi connectivity index (χ4v) is 1.49. The van der Waals surface area contributed by atoms with Gasteiger partial charge in [0.25, 0.3) is 0 Å². The average molecular weight is 184 g/mol. The zero-order chi connectivity index (χ0) is 10.5. The molecule has 0 aliphatic carbocycles. The summed E-state index contributed by atoms with van der Waals surface area (Å²) in [6.07, 6.45) is 2.87. The molecule has 2 heteroatoms. The van der Waals surface area contributed by atoms with Crippen LogP contribution >= 0.6 is 0 Å². The highest BCUT2D eigenvalue weighted by atomic mass is 16.5. The Kier molecular flexibility index (Phi) is 4.74. The minimum Gasteiger partial charge on any atom is -0.435 e. The first-order valence-corrected chi connectivity index (χ1v) is 4.78. The number of rotatable bonds is 5. The lowest BCUT2D eigenvalue weighted by Gasteiger charge is -2.26. The number of esters is 1. The smallest absolute Gasteiger partial charge is 0.316 e. The van der Waals surface area contributed by atoms with Gasteiger partial charge in [0.1, 0.15) is 0 Å². The summed E-state index contributed by atoms with van der Waals surface area (Å²) in [5, 5.41) is 0. The lowest BCUT2D eigenvalue weighted by atomic mass is 9.80. The van der Waals surface area contributed by atoms with Crippen LogP contribution in [-0.2, 0) is 9.53 Å². The van der Waals surface area contributed by atoms with Gasteiger partial charge in [-0.1, -0.05) is 27.4 Å². The molecule has 76 valence electrons. The molecule has 0 aromatic heterocycles. The van der Waals surface area contributed by atoms with E-state index in [1.165, 1.54) is 6.26 Å². The SMILES string of the molecule is C=COC(=O)C(C)(CC)CC(C)C. The lowest BCUT2D eigenvalue weighted by molar-refractivity contribution is -0.150. The summed E-state index contributed by atoms with van der Waals surface area (Å²) < 4.78 is 4.82. The van der Waals surface area contributed by atoms with E-state index in [0.29, 0.717) is 5.92 Å². The Bertz CT molecular complexity index is 185. The first kappa shape index (κ1) is 12.2. The Morgan fingerprint density at radius 1 is 1.62 bits per heavy atom. The largest absolute Gasteiger partial charge is 0.435 e. The highest BCUT2D eigenvalue weighted by Gasteiger charge is 2.33. The van der Waals surface area contributed by atoms with Crippen molar-refractivity contribution in [1.29, 1.82) is 0 Å². The topological polar surface area (TPSA) is 26.3 Å². The van der Waals surface area contributed by atoms with Crippen molar-refractivity contribution >= 4 is 5.97 Å². The van der Waals surface area contributed by atoms with Crippen molar-refractivity contribution in [3.8, 4) is 0 Å². The molecule has 1 atom stereocenters. The first-order valence-electron chi connectivity index (χ1n) is 4.78. The molecule has 0 bridgehead atoms. The molecule has 1 unspecified atom stereocenters. The molecule has 0 aromatic rings. The zero-order valence-corrected chi connectivity index (χ0v) is 9.09. The van der Waals surface area contributed by atoms with Gasteiger partial charge in [0.05, 0.1) is 11.7 Å². The molecule has 2 nitrogen and oxygen atoms in total. The standard InChI is InChI=1S/C11H20O2/c1-6-11(5,8-9(3)4)10(12)13-7-2/h7,9H,2,6,8H2,1,3-5H3. The Morgan fingerprint density at radius 3 is 2.46 bits per heavy atom. The van der Waals surface area contributed by atoms with Crippen LogP contribution in [0, 0.1) is 11.3 Å². The molecular formula is C11H20O2. The quantitative estimate of drug-likeness (QED) is 0.484. The first-order chi connectivity index (χ1) is 5.96. The lowest BCUT2D eigenvalue weighted by Crippen LogP contribution is -2.29. The van der Waals surface area contributed by atoms with Gasteiger partial charge in [0.15, 0.2) is 0 Å². The van der Waals surface area contributed by atoms with Crippen LogP contribution < -0.4 is 0 Å². The molecule has 0 fully saturated rings. The molecule has 0 heterocycles. The van der Waals surface area contributed by atoms with E-state index >= 15 is 0 Å². The van der Waals surface area contributed by atoms with Crippen LogP contribution in [0.3, 0.4) is 0 Å². The average Bonchev–Trinajstić information content (AvgIpc) is 2.03. The molecule has 0 rings (SSSR count). The van der Waals surface area contributed by atoms with Crippen LogP contribution in [0.2, 0.25) is 0 Å². The van der Waals surface area contributed by atoms with E-state index in [1.54, 1.807) is 0 Å². The summed E-state index contributed by atoms with van der Waals surface area (Å²) in [6.45, 7) is 11.5. The molecule has 0 aliphatic heterocycles. The predicted octanol–water partition coefficient (Wildman–Crippen LogP) is 3.14. The Labute approximate surface area is 81.0 Å². The van der Waals surface area contributed by atoms with Gasteiger partial charge in [-0.25, -0.2) is 0 Å². The molecule has 0 amide bonds. The van der Waals surface area contributed by atoms with E-state index in [2.05, 4.69) is 20.4 Å². The highest BCUT2D eigenvalue weighted by Crippen LogP contribution is 2.31. The van der Waals surface area contributed by atoms with Gasteiger partial charge in [-0.05, 0) is 25.7 Å². The molecule has 0 spiro atoms. The molecule has 13 heavy (non-hydrogen) atoms. The van der Waals surface area contributed by atoms with E-state index in [4.69, 9.17) is 4.74 Å². The summed E-state index contributed by atoms with van der Waals surface area (Å²) in [7, 11) is 0. The normalized spacial score (nSPS) is 15.2. The maximum Gasteiger partial charge on any atom is 0.316 e. The van der Waals surface area contributed by atoms with Crippen molar-refractivity contribution in [2.75, 3.05) is 0 Å². The van der Waals surface area contributed by atoms with Gasteiger partial charge in [-0.2, -0.15) is 0 Å². The Morgan fingerprint density at radius 2 is 2.15 bits per heavy atom. The molecule has 0 N–H and O–H groups in total. The maximum absolute atomic E-state index is 11.5. The van der Waals surface area contributed by atoms with E-state index in [1.807, 2.05) is 13.8 Å². The van der Waals surface area contributed by atoms with Crippen LogP contribution in [-0.4, -0.2) is 5.97 Å². The molecule has 0 saturated heterocycles. The third kappa shape index (κ3) is 3.62. The predicted molar refractivity (Wildman–Crippen MR) is 54.1 cm³/mol. The van der Waals surface area contributed by atoms with Crippen molar-refractivity contribution in [3.63, 3.8) is 0 Å². The minimum absolute atomic E-state index is 0.168. The maximum atomic E-state index is 11.5. The number of hydrogen-bond donors (Lipinski definition) is 0. The van der Waals surface area contributed by atoms with Crippen molar-refractivity contribution < 1.29 is 9.53 Å². The molecule has 0 radical (unpaired) electrons. The molecule has 0 saturated carbocycles. The molecule has 0 aromatic carbocycles. The van der Waals surface area contributed by atoms with Gasteiger partial charge in [0, 0.05) is 0 Å². The van der Waals surface area contributed by atoms with Crippen molar-refractivity contribution in [2.24, 2.45) is 11.3 Å². The van der Waals surface area contributed by atoms with Gasteiger partial charge >= 0.3 is 5.97 Å². The zero-order valence-electron chi connectivity index (χ0n) is 9.09. The second-order valence-corrected chi connectivity index (χ2v) is 4.08. The minimum atomic E-state index is -0.359. The van der Waals surface area contributed by atoms with E-state index < -0.39 is 0 Å². The van der Waals surface area contributed by atoms with Gasteiger partial charge in [-0.3, -0.25) is 4.79 Å². The summed E-state index contributed by atoms with van der Waals surface area (Å²) in [6, 6.07) is 0. The number of carbonyl (C=O) groups excluding carboxylic acids is 1. The third-order valence-electron chi connectivity index (χ3n) is 2.32. The monoisotopic (exact) mass is 184 g/mol. The van der Waals surface area contributed by atoms with Crippen LogP contribution in [0.15, 0.2) is 12.8 Å². The van der Waals surface area contributed by atoms with Crippen LogP contribution in [0.1, 0.15) is 40.5 Å². The second-order valence-electron chi connectivity index (χ2n) is 4.08. The van der Waals surface area contributed by atoms with Crippen LogP contribution in [0.5, 0.6) is 0 Å². The van der Waals surface area contributed by atoms with Gasteiger partial charge < -0.3 is 4.74 Å². The Hall–Kier alpha value is -0.790. The third-order valence-corrected chi connectivity index (χ3v) is 2.32. The number of hydrogen-bond acceptors (Lipinski definition) is 2. The van der Waals surface area contributed by atoms with Crippen LogP contribution in [0.4, 0.5) is 0 Å².